The van der Waals surface area contributed by atoms with Gasteiger partial charge in [-0.3, -0.25) is 20.4 Å². The number of carbonyl (C=O) groups is 2. The third-order valence-electron chi connectivity index (χ3n) is 4.48. The third-order valence-corrected chi connectivity index (χ3v) is 5.02. The highest BCUT2D eigenvalue weighted by Crippen LogP contribution is 2.29. The Labute approximate surface area is 170 Å². The molecule has 3 rings (SSSR count). The molecule has 1 aromatic heterocycles. The molecule has 1 amide bonds. The van der Waals surface area contributed by atoms with Gasteiger partial charge in [0.25, 0.3) is 5.91 Å². The van der Waals surface area contributed by atoms with Crippen LogP contribution >= 0.6 is 23.2 Å². The Balaban J connectivity index is 1.68. The number of benzene rings is 1. The van der Waals surface area contributed by atoms with Crippen LogP contribution in [-0.2, 0) is 4.79 Å². The predicted molar refractivity (Wildman–Crippen MR) is 107 cm³/mol. The summed E-state index contributed by atoms with van der Waals surface area (Å²) in [5.41, 5.74) is 11.8. The van der Waals surface area contributed by atoms with Crippen molar-refractivity contribution in [3.05, 3.63) is 40.1 Å². The Kier molecular flexibility index (Phi) is 6.05. The fourth-order valence-corrected chi connectivity index (χ4v) is 3.43. The highest BCUT2D eigenvalue weighted by atomic mass is 35.5. The van der Waals surface area contributed by atoms with Crippen molar-refractivity contribution in [2.24, 2.45) is 5.92 Å². The van der Waals surface area contributed by atoms with Gasteiger partial charge in [0.1, 0.15) is 12.0 Å². The van der Waals surface area contributed by atoms with E-state index in [1.807, 2.05) is 4.90 Å². The molecule has 148 valence electrons. The second kappa shape index (κ2) is 8.49. The molecule has 1 aliphatic heterocycles. The van der Waals surface area contributed by atoms with Crippen molar-refractivity contribution in [1.82, 2.24) is 15.4 Å². The summed E-state index contributed by atoms with van der Waals surface area (Å²) in [7, 11) is 0. The number of nitrogen functional groups attached to an aromatic ring is 1. The SMILES string of the molecule is Nc1c(NNC(=O)c2ccc(Cl)cc2Cl)ncnc1N1CCC(C(=O)O)CC1. The number of amides is 1. The van der Waals surface area contributed by atoms with Gasteiger partial charge in [0.2, 0.25) is 0 Å². The number of carbonyl (C=O) groups excluding carboxylic acids is 1. The van der Waals surface area contributed by atoms with E-state index >= 15 is 0 Å². The first-order chi connectivity index (χ1) is 13.4. The lowest BCUT2D eigenvalue weighted by Crippen LogP contribution is -2.37. The van der Waals surface area contributed by atoms with Gasteiger partial charge in [0.15, 0.2) is 11.6 Å². The summed E-state index contributed by atoms with van der Waals surface area (Å²) in [5.74, 6) is -0.922. The van der Waals surface area contributed by atoms with E-state index in [2.05, 4.69) is 20.8 Å². The molecule has 0 spiro atoms. The Bertz CT molecular complexity index is 902. The lowest BCUT2D eigenvalue weighted by atomic mass is 9.97. The molecule has 11 heteroatoms. The molecule has 0 aliphatic carbocycles. The highest BCUT2D eigenvalue weighted by molar-refractivity contribution is 6.36. The number of anilines is 3. The molecule has 1 aromatic carbocycles. The number of piperidine rings is 1. The van der Waals surface area contributed by atoms with Crippen LogP contribution in [-0.4, -0.2) is 40.0 Å². The minimum atomic E-state index is -0.791. The van der Waals surface area contributed by atoms with Crippen LogP contribution in [0.4, 0.5) is 17.3 Å². The van der Waals surface area contributed by atoms with Crippen LogP contribution in [0.5, 0.6) is 0 Å². The maximum atomic E-state index is 12.3. The van der Waals surface area contributed by atoms with E-state index < -0.39 is 11.9 Å². The first kappa shape index (κ1) is 20.0. The summed E-state index contributed by atoms with van der Waals surface area (Å²) in [5, 5.41) is 9.74. The quantitative estimate of drug-likeness (QED) is 0.537. The Hall–Kier alpha value is -2.78. The molecule has 28 heavy (non-hydrogen) atoms. The molecule has 9 nitrogen and oxygen atoms in total. The second-order valence-electron chi connectivity index (χ2n) is 6.26. The number of carboxylic acid groups (broad SMARTS) is 1. The van der Waals surface area contributed by atoms with Crippen LogP contribution < -0.4 is 21.5 Å². The molecule has 2 heterocycles. The smallest absolute Gasteiger partial charge is 0.306 e. The summed E-state index contributed by atoms with van der Waals surface area (Å²) in [6.45, 7) is 1.04. The lowest BCUT2D eigenvalue weighted by Gasteiger charge is -2.31. The van der Waals surface area contributed by atoms with Crippen LogP contribution in [0.3, 0.4) is 0 Å². The number of halogens is 2. The Morgan fingerprint density at radius 2 is 1.93 bits per heavy atom. The van der Waals surface area contributed by atoms with Crippen LogP contribution in [0.2, 0.25) is 10.0 Å². The fraction of sp³-hybridized carbons (Fsp3) is 0.294. The summed E-state index contributed by atoms with van der Waals surface area (Å²) in [4.78, 5) is 33.5. The maximum Gasteiger partial charge on any atom is 0.306 e. The molecule has 5 N–H and O–H groups in total. The average molecular weight is 425 g/mol. The Morgan fingerprint density at radius 3 is 2.57 bits per heavy atom. The number of carboxylic acids is 1. The minimum absolute atomic E-state index is 0.212. The summed E-state index contributed by atoms with van der Waals surface area (Å²) >= 11 is 11.9. The molecule has 0 unspecified atom stereocenters. The van der Waals surface area contributed by atoms with Crippen molar-refractivity contribution in [2.45, 2.75) is 12.8 Å². The average Bonchev–Trinajstić information content (AvgIpc) is 2.67. The number of nitrogens with two attached hydrogens (primary N) is 1. The number of nitrogens with zero attached hydrogens (tertiary/aromatic N) is 3. The Morgan fingerprint density at radius 1 is 1.21 bits per heavy atom. The second-order valence-corrected chi connectivity index (χ2v) is 7.11. The minimum Gasteiger partial charge on any atom is -0.481 e. The molecule has 0 atom stereocenters. The van der Waals surface area contributed by atoms with Gasteiger partial charge >= 0.3 is 5.97 Å². The van der Waals surface area contributed by atoms with Gasteiger partial charge in [0, 0.05) is 18.1 Å². The van der Waals surface area contributed by atoms with Crippen LogP contribution in [0.25, 0.3) is 0 Å². The fourth-order valence-electron chi connectivity index (χ4n) is 2.93. The summed E-state index contributed by atoms with van der Waals surface area (Å²) in [6.07, 6.45) is 2.33. The predicted octanol–water partition coefficient (Wildman–Crippen LogP) is 2.42. The molecule has 0 radical (unpaired) electrons. The van der Waals surface area contributed by atoms with Crippen molar-refractivity contribution in [3.8, 4) is 0 Å². The van der Waals surface area contributed by atoms with Gasteiger partial charge in [-0.05, 0) is 31.0 Å². The van der Waals surface area contributed by atoms with Crippen molar-refractivity contribution in [2.75, 3.05) is 29.1 Å². The normalized spacial score (nSPS) is 14.6. The zero-order valence-electron chi connectivity index (χ0n) is 14.7. The highest BCUT2D eigenvalue weighted by Gasteiger charge is 2.26. The van der Waals surface area contributed by atoms with Gasteiger partial charge in [-0.15, -0.1) is 0 Å². The summed E-state index contributed by atoms with van der Waals surface area (Å²) in [6, 6.07) is 4.53. The van der Waals surface area contributed by atoms with Gasteiger partial charge in [-0.1, -0.05) is 23.2 Å². The number of aromatic nitrogens is 2. The molecule has 1 aliphatic rings. The molecule has 0 bridgehead atoms. The lowest BCUT2D eigenvalue weighted by molar-refractivity contribution is -0.142. The van der Waals surface area contributed by atoms with E-state index in [9.17, 15) is 9.59 Å². The van der Waals surface area contributed by atoms with E-state index in [-0.39, 0.29) is 28.0 Å². The number of hydrogen-bond donors (Lipinski definition) is 4. The number of nitrogens with one attached hydrogen (secondary N) is 2. The largest absolute Gasteiger partial charge is 0.481 e. The zero-order chi connectivity index (χ0) is 20.3. The van der Waals surface area contributed by atoms with Crippen molar-refractivity contribution < 1.29 is 14.7 Å². The number of aliphatic carboxylic acids is 1. The van der Waals surface area contributed by atoms with E-state index in [4.69, 9.17) is 34.0 Å². The third kappa shape index (κ3) is 4.37. The van der Waals surface area contributed by atoms with Crippen LogP contribution in [0.1, 0.15) is 23.2 Å². The standard InChI is InChI=1S/C17H18Cl2N6O3/c18-10-1-2-11(12(19)7-10)16(26)24-23-14-13(20)15(22-8-21-14)25-5-3-9(4-6-25)17(27)28/h1-2,7-9H,3-6,20H2,(H,24,26)(H,27,28)(H,21,22,23). The van der Waals surface area contributed by atoms with E-state index in [1.165, 1.54) is 18.5 Å². The van der Waals surface area contributed by atoms with Crippen molar-refractivity contribution in [3.63, 3.8) is 0 Å². The molecule has 1 saturated heterocycles. The monoisotopic (exact) mass is 424 g/mol. The molecule has 2 aromatic rings. The van der Waals surface area contributed by atoms with E-state index in [1.54, 1.807) is 6.07 Å². The van der Waals surface area contributed by atoms with Gasteiger partial charge in [-0.25, -0.2) is 9.97 Å². The van der Waals surface area contributed by atoms with Gasteiger partial charge in [-0.2, -0.15) is 0 Å². The van der Waals surface area contributed by atoms with Crippen molar-refractivity contribution >= 4 is 52.4 Å². The van der Waals surface area contributed by atoms with Gasteiger partial charge < -0.3 is 15.7 Å². The van der Waals surface area contributed by atoms with Crippen LogP contribution in [0.15, 0.2) is 24.5 Å². The topological polar surface area (TPSA) is 133 Å². The number of hydrazine groups is 1. The molecular weight excluding hydrogens is 407 g/mol. The first-order valence-corrected chi connectivity index (χ1v) is 9.22. The number of hydrogen-bond acceptors (Lipinski definition) is 7. The van der Waals surface area contributed by atoms with E-state index in [0.717, 1.165) is 0 Å². The summed E-state index contributed by atoms with van der Waals surface area (Å²) < 4.78 is 0. The number of rotatable bonds is 5. The molecular formula is C17H18Cl2N6O3. The van der Waals surface area contributed by atoms with Crippen LogP contribution in [0, 0.1) is 5.92 Å². The molecule has 0 saturated carbocycles. The van der Waals surface area contributed by atoms with E-state index in [0.29, 0.717) is 36.8 Å². The first-order valence-electron chi connectivity index (χ1n) is 8.46. The van der Waals surface area contributed by atoms with Gasteiger partial charge in [0.05, 0.1) is 16.5 Å². The zero-order valence-corrected chi connectivity index (χ0v) is 16.2. The molecule has 1 fully saturated rings. The maximum absolute atomic E-state index is 12.3. The van der Waals surface area contributed by atoms with Crippen molar-refractivity contribution in [1.29, 1.82) is 0 Å².